The summed E-state index contributed by atoms with van der Waals surface area (Å²) in [4.78, 5) is 39.7. The molecule has 0 saturated carbocycles. The zero-order valence-electron chi connectivity index (χ0n) is 26.7. The monoisotopic (exact) mass is 566 g/mol. The Kier molecular flexibility index (Phi) is 11.1. The molecule has 0 spiro atoms. The fraction of sp³-hybridized carbons (Fsp3) is 0.571. The maximum Gasteiger partial charge on any atom is 0.314 e. The second-order valence-electron chi connectivity index (χ2n) is 14.6. The molecular formula is C35H50O6. The number of rotatable bonds is 12. The van der Waals surface area contributed by atoms with Crippen LogP contribution in [-0.4, -0.2) is 36.0 Å². The first-order valence-corrected chi connectivity index (χ1v) is 14.5. The Morgan fingerprint density at radius 2 is 1.24 bits per heavy atom. The van der Waals surface area contributed by atoms with E-state index in [0.717, 1.165) is 0 Å². The van der Waals surface area contributed by atoms with Gasteiger partial charge in [-0.25, -0.2) is 0 Å². The number of carbonyl (C=O) groups is 3. The normalized spacial score (nSPS) is 14.2. The molecule has 0 aliphatic carbocycles. The van der Waals surface area contributed by atoms with Gasteiger partial charge >= 0.3 is 11.9 Å². The minimum absolute atomic E-state index is 0.0390. The lowest BCUT2D eigenvalue weighted by atomic mass is 9.54. The molecule has 0 saturated heterocycles. The predicted molar refractivity (Wildman–Crippen MR) is 163 cm³/mol. The molecule has 0 amide bonds. The van der Waals surface area contributed by atoms with Crippen molar-refractivity contribution in [3.05, 3.63) is 65.7 Å². The molecule has 6 heteroatoms. The Labute approximate surface area is 246 Å². The van der Waals surface area contributed by atoms with Gasteiger partial charge in [-0.3, -0.25) is 14.4 Å². The van der Waals surface area contributed by atoms with Gasteiger partial charge in [0.2, 0.25) is 0 Å². The maximum atomic E-state index is 13.7. The summed E-state index contributed by atoms with van der Waals surface area (Å²) >= 11 is 0. The lowest BCUT2D eigenvalue weighted by Gasteiger charge is -2.49. The Bertz CT molecular complexity index is 1160. The number of ether oxygens (including phenoxy) is 2. The van der Waals surface area contributed by atoms with Crippen LogP contribution in [0.2, 0.25) is 0 Å². The van der Waals surface area contributed by atoms with Crippen LogP contribution in [0.25, 0.3) is 0 Å². The van der Waals surface area contributed by atoms with Gasteiger partial charge < -0.3 is 14.6 Å². The van der Waals surface area contributed by atoms with E-state index in [9.17, 15) is 19.5 Å². The number of aliphatic hydroxyl groups excluding tert-OH is 1. The molecule has 0 fully saturated rings. The summed E-state index contributed by atoms with van der Waals surface area (Å²) in [6, 6.07) is 15.7. The molecule has 0 radical (unpaired) electrons. The van der Waals surface area contributed by atoms with E-state index in [4.69, 9.17) is 9.47 Å². The van der Waals surface area contributed by atoms with Gasteiger partial charge in [0.05, 0.1) is 18.4 Å². The number of hydrogen-bond acceptors (Lipinski definition) is 6. The Balaban J connectivity index is 2.29. The molecule has 0 aliphatic rings. The molecule has 2 unspecified atom stereocenters. The summed E-state index contributed by atoms with van der Waals surface area (Å²) in [6.07, 6.45) is 1.09. The number of carbonyl (C=O) groups excluding carboxylic acids is 3. The predicted octanol–water partition coefficient (Wildman–Crippen LogP) is 7.52. The smallest absolute Gasteiger partial charge is 0.314 e. The number of aliphatic hydroxyl groups is 1. The Morgan fingerprint density at radius 1 is 0.707 bits per heavy atom. The average molecular weight is 567 g/mol. The highest BCUT2D eigenvalue weighted by molar-refractivity contribution is 6.09. The van der Waals surface area contributed by atoms with Crippen LogP contribution >= 0.6 is 0 Å². The van der Waals surface area contributed by atoms with E-state index in [1.165, 1.54) is 0 Å². The lowest BCUT2D eigenvalue weighted by Crippen LogP contribution is -2.48. The van der Waals surface area contributed by atoms with Gasteiger partial charge in [0.15, 0.2) is 5.78 Å². The fourth-order valence-corrected chi connectivity index (χ4v) is 5.10. The molecule has 2 atom stereocenters. The van der Waals surface area contributed by atoms with E-state index < -0.39 is 28.1 Å². The highest BCUT2D eigenvalue weighted by atomic mass is 16.5. The van der Waals surface area contributed by atoms with E-state index in [1.807, 2.05) is 39.0 Å². The largest absolute Gasteiger partial charge is 0.463 e. The van der Waals surface area contributed by atoms with Crippen molar-refractivity contribution in [2.45, 2.75) is 82.1 Å². The number of benzene rings is 2. The van der Waals surface area contributed by atoms with Crippen molar-refractivity contribution < 1.29 is 29.0 Å². The van der Waals surface area contributed by atoms with Crippen molar-refractivity contribution >= 4 is 17.7 Å². The summed E-state index contributed by atoms with van der Waals surface area (Å²) in [6.45, 7) is 20.4. The van der Waals surface area contributed by atoms with Crippen molar-refractivity contribution in [2.24, 2.45) is 33.5 Å². The van der Waals surface area contributed by atoms with Crippen LogP contribution in [0.4, 0.5) is 0 Å². The summed E-state index contributed by atoms with van der Waals surface area (Å²) in [5.41, 5.74) is -0.443. The molecule has 2 aromatic carbocycles. The zero-order valence-corrected chi connectivity index (χ0v) is 26.7. The minimum atomic E-state index is -0.546. The number of esters is 2. The second kappa shape index (κ2) is 13.3. The number of hydrogen-bond donors (Lipinski definition) is 1. The molecule has 2 aromatic rings. The molecule has 226 valence electrons. The second-order valence-corrected chi connectivity index (χ2v) is 14.6. The molecule has 6 nitrogen and oxygen atoms in total. The summed E-state index contributed by atoms with van der Waals surface area (Å²) in [7, 11) is 0. The summed E-state index contributed by atoms with van der Waals surface area (Å²) in [5.74, 6) is -1.29. The van der Waals surface area contributed by atoms with E-state index >= 15 is 0 Å². The van der Waals surface area contributed by atoms with Crippen LogP contribution in [0, 0.1) is 33.5 Å². The standard InChI is InChI=1S/C35H50O6/c1-32(2,3)22-28(30(38)40-21-20-36)35(9,10)34(7,8)23-27(33(4,5)6)31(39)41-26-18-16-25(17-19-26)29(37)24-14-12-11-13-15-24/h11-19,27-28,36H,20-23H2,1-10H3. The van der Waals surface area contributed by atoms with Crippen molar-refractivity contribution in [3.63, 3.8) is 0 Å². The first kappa shape index (κ1) is 34.2. The molecule has 0 aliphatic heterocycles. The van der Waals surface area contributed by atoms with Crippen molar-refractivity contribution in [1.29, 1.82) is 0 Å². The third-order valence-corrected chi connectivity index (χ3v) is 8.47. The highest BCUT2D eigenvalue weighted by Gasteiger charge is 2.51. The molecular weight excluding hydrogens is 516 g/mol. The summed E-state index contributed by atoms with van der Waals surface area (Å²) < 4.78 is 11.3. The SMILES string of the molecule is CC(C)(C)CC(C(=O)OCCO)C(C)(C)C(C)(C)CC(C(=O)Oc1ccc(C(=O)c2ccccc2)cc1)C(C)(C)C. The van der Waals surface area contributed by atoms with Crippen LogP contribution in [-0.2, 0) is 14.3 Å². The average Bonchev–Trinajstić information content (AvgIpc) is 2.88. The number of ketones is 1. The van der Waals surface area contributed by atoms with E-state index in [-0.39, 0.29) is 36.4 Å². The van der Waals surface area contributed by atoms with Crippen LogP contribution in [0.3, 0.4) is 0 Å². The van der Waals surface area contributed by atoms with Crippen LogP contribution in [0.1, 0.15) is 98.0 Å². The first-order valence-electron chi connectivity index (χ1n) is 14.5. The van der Waals surface area contributed by atoms with Crippen LogP contribution < -0.4 is 4.74 Å². The minimum Gasteiger partial charge on any atom is -0.463 e. The van der Waals surface area contributed by atoms with Gasteiger partial charge in [0.25, 0.3) is 0 Å². The topological polar surface area (TPSA) is 89.9 Å². The van der Waals surface area contributed by atoms with E-state index in [0.29, 0.717) is 29.7 Å². The van der Waals surface area contributed by atoms with Gasteiger partial charge in [-0.15, -0.1) is 0 Å². The van der Waals surface area contributed by atoms with E-state index in [2.05, 4.69) is 48.5 Å². The molecule has 0 aromatic heterocycles. The Hall–Kier alpha value is -2.99. The van der Waals surface area contributed by atoms with Gasteiger partial charge in [0, 0.05) is 11.1 Å². The van der Waals surface area contributed by atoms with Crippen molar-refractivity contribution in [3.8, 4) is 5.75 Å². The maximum absolute atomic E-state index is 13.7. The summed E-state index contributed by atoms with van der Waals surface area (Å²) in [5, 5.41) is 9.23. The fourth-order valence-electron chi connectivity index (χ4n) is 5.10. The van der Waals surface area contributed by atoms with Crippen molar-refractivity contribution in [1.82, 2.24) is 0 Å². The van der Waals surface area contributed by atoms with E-state index in [1.54, 1.807) is 36.4 Å². The van der Waals surface area contributed by atoms with Crippen molar-refractivity contribution in [2.75, 3.05) is 13.2 Å². The van der Waals surface area contributed by atoms with Crippen LogP contribution in [0.15, 0.2) is 54.6 Å². The van der Waals surface area contributed by atoms with Gasteiger partial charge in [-0.05, 0) is 58.8 Å². The Morgan fingerprint density at radius 3 is 1.73 bits per heavy atom. The molecule has 0 bridgehead atoms. The van der Waals surface area contributed by atoms with Gasteiger partial charge in [0.1, 0.15) is 12.4 Å². The lowest BCUT2D eigenvalue weighted by molar-refractivity contribution is -0.161. The van der Waals surface area contributed by atoms with Crippen LogP contribution in [0.5, 0.6) is 5.75 Å². The third kappa shape index (κ3) is 9.26. The quantitative estimate of drug-likeness (QED) is 0.162. The molecule has 2 rings (SSSR count). The molecule has 0 heterocycles. The molecule has 1 N–H and O–H groups in total. The first-order chi connectivity index (χ1) is 18.8. The van der Waals surface area contributed by atoms with Gasteiger partial charge in [-0.2, -0.15) is 0 Å². The highest BCUT2D eigenvalue weighted by Crippen LogP contribution is 2.53. The zero-order chi connectivity index (χ0) is 31.2. The third-order valence-electron chi connectivity index (χ3n) is 8.47. The molecule has 41 heavy (non-hydrogen) atoms. The van der Waals surface area contributed by atoms with Gasteiger partial charge in [-0.1, -0.05) is 99.6 Å².